The van der Waals surface area contributed by atoms with Crippen molar-refractivity contribution >= 4 is 55.4 Å². The zero-order chi connectivity index (χ0) is 19.6. The number of hydrogen-bond donors (Lipinski definition) is 1. The normalized spacial score (nSPS) is 11.4. The number of sulfone groups is 1. The number of aryl methyl sites for hydroxylation is 1. The van der Waals surface area contributed by atoms with Gasteiger partial charge in [-0.3, -0.25) is 4.79 Å². The fraction of sp³-hybridized carbons (Fsp3) is 0.111. The number of aromatic nitrogens is 1. The van der Waals surface area contributed by atoms with Crippen molar-refractivity contribution in [3.8, 4) is 11.3 Å². The van der Waals surface area contributed by atoms with E-state index in [9.17, 15) is 13.2 Å². The molecule has 0 bridgehead atoms. The Labute approximate surface area is 170 Å². The van der Waals surface area contributed by atoms with Crippen LogP contribution in [0.25, 0.3) is 11.3 Å². The number of carbonyl (C=O) groups excluding carboxylic acids is 1. The quantitative estimate of drug-likeness (QED) is 0.615. The van der Waals surface area contributed by atoms with Crippen molar-refractivity contribution < 1.29 is 13.2 Å². The van der Waals surface area contributed by atoms with Gasteiger partial charge in [0.25, 0.3) is 0 Å². The molecule has 3 rings (SSSR count). The summed E-state index contributed by atoms with van der Waals surface area (Å²) >= 11 is 13.3. The zero-order valence-electron chi connectivity index (χ0n) is 14.1. The molecule has 0 spiro atoms. The molecular formula is C18H14Cl2N2O3S2. The molecule has 0 radical (unpaired) electrons. The van der Waals surface area contributed by atoms with E-state index in [4.69, 9.17) is 23.2 Å². The minimum Gasteiger partial charge on any atom is -0.301 e. The van der Waals surface area contributed by atoms with Gasteiger partial charge in [-0.1, -0.05) is 40.9 Å². The second-order valence-corrected chi connectivity index (χ2v) is 9.47. The number of nitrogens with zero attached hydrogens (tertiary/aromatic N) is 1. The van der Waals surface area contributed by atoms with Crippen LogP contribution in [0, 0.1) is 6.92 Å². The third kappa shape index (κ3) is 4.87. The fourth-order valence-electron chi connectivity index (χ4n) is 2.31. The number of benzene rings is 2. The Morgan fingerprint density at radius 2 is 1.85 bits per heavy atom. The first-order valence-corrected chi connectivity index (χ1v) is 11.0. The summed E-state index contributed by atoms with van der Waals surface area (Å²) in [4.78, 5) is 16.6. The van der Waals surface area contributed by atoms with Crippen LogP contribution < -0.4 is 5.32 Å². The average molecular weight is 441 g/mol. The maximum Gasteiger partial charge on any atom is 0.241 e. The van der Waals surface area contributed by atoms with E-state index >= 15 is 0 Å². The number of amides is 1. The fourth-order valence-corrected chi connectivity index (χ4v) is 4.55. The lowest BCUT2D eigenvalue weighted by atomic mass is 10.2. The van der Waals surface area contributed by atoms with Crippen LogP contribution in [0.5, 0.6) is 0 Å². The highest BCUT2D eigenvalue weighted by atomic mass is 35.5. The van der Waals surface area contributed by atoms with Crippen LogP contribution in [0.4, 0.5) is 5.13 Å². The summed E-state index contributed by atoms with van der Waals surface area (Å²) < 4.78 is 24.7. The van der Waals surface area contributed by atoms with Crippen LogP contribution in [0.15, 0.2) is 52.7 Å². The number of nitrogens with one attached hydrogen (secondary N) is 1. The first kappa shape index (κ1) is 19.8. The molecule has 0 unspecified atom stereocenters. The molecule has 140 valence electrons. The number of anilines is 1. The molecule has 3 aromatic rings. The Morgan fingerprint density at radius 3 is 2.56 bits per heavy atom. The van der Waals surface area contributed by atoms with Crippen LogP contribution in [-0.2, 0) is 14.6 Å². The highest BCUT2D eigenvalue weighted by Gasteiger charge is 2.20. The first-order valence-electron chi connectivity index (χ1n) is 7.75. The number of thiazole rings is 1. The molecule has 1 aromatic heterocycles. The first-order chi connectivity index (χ1) is 12.7. The molecule has 0 aliphatic rings. The Hall–Kier alpha value is -1.93. The molecule has 9 heteroatoms. The van der Waals surface area contributed by atoms with E-state index in [2.05, 4.69) is 10.3 Å². The third-order valence-corrected chi connectivity index (χ3v) is 6.61. The van der Waals surface area contributed by atoms with Crippen LogP contribution in [0.3, 0.4) is 0 Å². The molecule has 5 nitrogen and oxygen atoms in total. The smallest absolute Gasteiger partial charge is 0.241 e. The molecule has 27 heavy (non-hydrogen) atoms. The van der Waals surface area contributed by atoms with Crippen LogP contribution >= 0.6 is 34.5 Å². The summed E-state index contributed by atoms with van der Waals surface area (Å²) in [5.74, 6) is -1.32. The second kappa shape index (κ2) is 7.98. The van der Waals surface area contributed by atoms with Gasteiger partial charge in [-0.05, 0) is 37.3 Å². The molecule has 1 heterocycles. The Bertz CT molecular complexity index is 1090. The van der Waals surface area contributed by atoms with E-state index in [1.165, 1.54) is 23.5 Å². The van der Waals surface area contributed by atoms with Gasteiger partial charge >= 0.3 is 0 Å². The van der Waals surface area contributed by atoms with Crippen molar-refractivity contribution in [2.45, 2.75) is 11.8 Å². The van der Waals surface area contributed by atoms with Crippen molar-refractivity contribution in [3.05, 3.63) is 63.5 Å². The summed E-state index contributed by atoms with van der Waals surface area (Å²) in [6, 6.07) is 11.3. The minimum atomic E-state index is -3.73. The average Bonchev–Trinajstić information content (AvgIpc) is 3.05. The van der Waals surface area contributed by atoms with Gasteiger partial charge in [0.2, 0.25) is 5.91 Å². The maximum absolute atomic E-state index is 12.3. The highest BCUT2D eigenvalue weighted by Crippen LogP contribution is 2.32. The van der Waals surface area contributed by atoms with Gasteiger partial charge in [0.1, 0.15) is 5.75 Å². The summed E-state index contributed by atoms with van der Waals surface area (Å²) in [5.41, 5.74) is 2.12. The molecule has 0 aliphatic carbocycles. The molecular weight excluding hydrogens is 427 g/mol. The van der Waals surface area contributed by atoms with E-state index in [0.29, 0.717) is 21.3 Å². The number of halogens is 2. The number of carbonyl (C=O) groups is 1. The van der Waals surface area contributed by atoms with Gasteiger partial charge in [0.15, 0.2) is 15.0 Å². The lowest BCUT2D eigenvalue weighted by Crippen LogP contribution is -2.23. The Morgan fingerprint density at radius 1 is 1.15 bits per heavy atom. The van der Waals surface area contributed by atoms with Crippen molar-refractivity contribution in [1.29, 1.82) is 0 Å². The lowest BCUT2D eigenvalue weighted by molar-refractivity contribution is -0.113. The van der Waals surface area contributed by atoms with E-state index in [0.717, 1.165) is 5.56 Å². The maximum atomic E-state index is 12.3. The molecule has 0 fully saturated rings. The van der Waals surface area contributed by atoms with Gasteiger partial charge in [-0.2, -0.15) is 0 Å². The van der Waals surface area contributed by atoms with Gasteiger partial charge in [-0.15, -0.1) is 11.3 Å². The third-order valence-electron chi connectivity index (χ3n) is 3.66. The summed E-state index contributed by atoms with van der Waals surface area (Å²) in [5, 5.41) is 5.50. The van der Waals surface area contributed by atoms with Crippen LogP contribution in [-0.4, -0.2) is 25.1 Å². The molecule has 0 atom stereocenters. The molecule has 0 aliphatic heterocycles. The Balaban J connectivity index is 1.73. The Kier molecular flexibility index (Phi) is 5.86. The molecule has 0 saturated carbocycles. The SMILES string of the molecule is Cc1ccc(S(=O)(=O)CC(=O)Nc2nc(-c3cc(Cl)ccc3Cl)cs2)cc1. The van der Waals surface area contributed by atoms with E-state index in [-0.39, 0.29) is 10.0 Å². The zero-order valence-corrected chi connectivity index (χ0v) is 17.2. The summed E-state index contributed by atoms with van der Waals surface area (Å²) in [6.45, 7) is 1.86. The standard InChI is InChI=1S/C18H14Cl2N2O3S2/c1-11-2-5-13(6-3-11)27(24,25)10-17(23)22-18-21-16(9-26-18)14-8-12(19)4-7-15(14)20/h2-9H,10H2,1H3,(H,21,22,23). The van der Waals surface area contributed by atoms with Crippen molar-refractivity contribution in [2.75, 3.05) is 11.1 Å². The van der Waals surface area contributed by atoms with E-state index < -0.39 is 21.5 Å². The molecule has 1 N–H and O–H groups in total. The van der Waals surface area contributed by atoms with Crippen LogP contribution in [0.2, 0.25) is 10.0 Å². The van der Waals surface area contributed by atoms with Crippen LogP contribution in [0.1, 0.15) is 5.56 Å². The second-order valence-electron chi connectivity index (χ2n) is 5.78. The summed E-state index contributed by atoms with van der Waals surface area (Å²) in [6.07, 6.45) is 0. The van der Waals surface area contributed by atoms with Gasteiger partial charge in [-0.25, -0.2) is 13.4 Å². The molecule has 2 aromatic carbocycles. The molecule has 0 saturated heterocycles. The minimum absolute atomic E-state index is 0.105. The van der Waals surface area contributed by atoms with E-state index in [1.54, 1.807) is 35.7 Å². The van der Waals surface area contributed by atoms with Crippen molar-refractivity contribution in [1.82, 2.24) is 4.98 Å². The van der Waals surface area contributed by atoms with Gasteiger partial charge < -0.3 is 5.32 Å². The molecule has 1 amide bonds. The van der Waals surface area contributed by atoms with Gasteiger partial charge in [0, 0.05) is 16.0 Å². The van der Waals surface area contributed by atoms with E-state index in [1.807, 2.05) is 6.92 Å². The van der Waals surface area contributed by atoms with Crippen molar-refractivity contribution in [2.24, 2.45) is 0 Å². The predicted molar refractivity (Wildman–Crippen MR) is 109 cm³/mol. The summed E-state index contributed by atoms with van der Waals surface area (Å²) in [7, 11) is -3.73. The van der Waals surface area contributed by atoms with Crippen molar-refractivity contribution in [3.63, 3.8) is 0 Å². The largest absolute Gasteiger partial charge is 0.301 e. The highest BCUT2D eigenvalue weighted by molar-refractivity contribution is 7.92. The predicted octanol–water partition coefficient (Wildman–Crippen LogP) is 4.84. The topological polar surface area (TPSA) is 76.1 Å². The lowest BCUT2D eigenvalue weighted by Gasteiger charge is -2.05. The number of rotatable bonds is 5. The van der Waals surface area contributed by atoms with Gasteiger partial charge in [0.05, 0.1) is 15.6 Å². The monoisotopic (exact) mass is 440 g/mol. The number of hydrogen-bond acceptors (Lipinski definition) is 5.